The Bertz CT molecular complexity index is 1700. The summed E-state index contributed by atoms with van der Waals surface area (Å²) in [6.45, 7) is 5.27. The molecule has 0 spiro atoms. The first kappa shape index (κ1) is 22.0. The Morgan fingerprint density at radius 3 is 2.59 bits per heavy atom. The molecule has 1 amide bonds. The van der Waals surface area contributed by atoms with Crippen molar-refractivity contribution in [2.24, 2.45) is 7.05 Å². The second-order valence-corrected chi connectivity index (χ2v) is 10.1. The normalized spacial score (nSPS) is 19.0. The molecule has 0 saturated carbocycles. The van der Waals surface area contributed by atoms with E-state index in [0.717, 1.165) is 47.5 Å². The number of halogens is 1. The summed E-state index contributed by atoms with van der Waals surface area (Å²) >= 11 is 0. The molecule has 2 aliphatic heterocycles. The molecule has 186 valence electrons. The molecule has 5 heterocycles. The molecule has 0 aliphatic carbocycles. The number of hydrogen-bond donors (Lipinski definition) is 0. The maximum atomic E-state index is 15.1. The van der Waals surface area contributed by atoms with Gasteiger partial charge in [-0.3, -0.25) is 4.79 Å². The Morgan fingerprint density at radius 1 is 1.03 bits per heavy atom. The first-order valence-electron chi connectivity index (χ1n) is 12.5. The number of para-hydroxylation sites is 1. The number of nitrogens with zero attached hydrogens (tertiary/aromatic N) is 7. The first-order chi connectivity index (χ1) is 17.9. The molecular weight excluding hydrogens is 469 g/mol. The van der Waals surface area contributed by atoms with E-state index < -0.39 is 0 Å². The van der Waals surface area contributed by atoms with Gasteiger partial charge in [0.25, 0.3) is 0 Å². The third kappa shape index (κ3) is 3.19. The van der Waals surface area contributed by atoms with Gasteiger partial charge in [0.1, 0.15) is 11.5 Å². The van der Waals surface area contributed by atoms with E-state index in [9.17, 15) is 4.79 Å². The van der Waals surface area contributed by atoms with Crippen LogP contribution in [-0.4, -0.2) is 60.5 Å². The van der Waals surface area contributed by atoms with Crippen LogP contribution in [0.25, 0.3) is 38.8 Å². The Labute approximate surface area is 212 Å². The Balaban J connectivity index is 1.31. The minimum Gasteiger partial charge on any atom is -0.350 e. The summed E-state index contributed by atoms with van der Waals surface area (Å²) in [5, 5.41) is 10.7. The van der Waals surface area contributed by atoms with Crippen molar-refractivity contribution in [2.75, 3.05) is 18.0 Å². The number of piperazine rings is 1. The minimum absolute atomic E-state index is 0.147. The molecule has 8 nitrogen and oxygen atoms in total. The Hall–Kier alpha value is -4.27. The lowest BCUT2D eigenvalue weighted by atomic mass is 10.0. The van der Waals surface area contributed by atoms with Crippen molar-refractivity contribution in [2.45, 2.75) is 32.4 Å². The highest BCUT2D eigenvalue weighted by Gasteiger charge is 2.44. The van der Waals surface area contributed by atoms with Gasteiger partial charge in [0.05, 0.1) is 40.4 Å². The third-order valence-electron chi connectivity index (χ3n) is 7.87. The van der Waals surface area contributed by atoms with Crippen molar-refractivity contribution in [1.82, 2.24) is 29.4 Å². The summed E-state index contributed by atoms with van der Waals surface area (Å²) in [7, 11) is 1.61. The highest BCUT2D eigenvalue weighted by molar-refractivity contribution is 6.03. The van der Waals surface area contributed by atoms with Gasteiger partial charge in [-0.2, -0.15) is 14.6 Å². The zero-order valence-electron chi connectivity index (χ0n) is 20.9. The van der Waals surface area contributed by atoms with Crippen LogP contribution in [0.15, 0.2) is 54.7 Å². The SMILES string of the molecule is CC(=O)N1C[C@@H]2C[C@H]1CN2c1ccc(-n2nc(-c3cccc4nn(C)c(F)c34)c3cccc(C)c32)cn1. The van der Waals surface area contributed by atoms with Crippen molar-refractivity contribution in [3.63, 3.8) is 0 Å². The zero-order chi connectivity index (χ0) is 25.4. The van der Waals surface area contributed by atoms with E-state index in [1.54, 1.807) is 14.0 Å². The van der Waals surface area contributed by atoms with Crippen LogP contribution in [-0.2, 0) is 11.8 Å². The van der Waals surface area contributed by atoms with Crippen molar-refractivity contribution in [1.29, 1.82) is 0 Å². The van der Waals surface area contributed by atoms with Crippen molar-refractivity contribution < 1.29 is 9.18 Å². The number of anilines is 1. The molecule has 9 heteroatoms. The Morgan fingerprint density at radius 2 is 1.86 bits per heavy atom. The molecule has 2 atom stereocenters. The number of fused-ring (bicyclic) bond motifs is 4. The van der Waals surface area contributed by atoms with Gasteiger partial charge in [0.15, 0.2) is 0 Å². The first-order valence-corrected chi connectivity index (χ1v) is 12.5. The van der Waals surface area contributed by atoms with Crippen molar-refractivity contribution in [3.05, 3.63) is 66.2 Å². The van der Waals surface area contributed by atoms with E-state index >= 15 is 4.39 Å². The number of carbonyl (C=O) groups excluding carboxylic acids is 1. The predicted octanol–water partition coefficient (Wildman–Crippen LogP) is 4.23. The fraction of sp³-hybridized carbons (Fsp3) is 0.286. The lowest BCUT2D eigenvalue weighted by Crippen LogP contribution is -2.48. The fourth-order valence-electron chi connectivity index (χ4n) is 6.13. The lowest BCUT2D eigenvalue weighted by molar-refractivity contribution is -0.129. The number of hydrogen-bond acceptors (Lipinski definition) is 5. The quantitative estimate of drug-likeness (QED) is 0.375. The van der Waals surface area contributed by atoms with E-state index in [1.807, 2.05) is 58.2 Å². The summed E-state index contributed by atoms with van der Waals surface area (Å²) in [5.74, 6) is 0.680. The third-order valence-corrected chi connectivity index (χ3v) is 7.87. The van der Waals surface area contributed by atoms with E-state index in [0.29, 0.717) is 28.2 Å². The zero-order valence-corrected chi connectivity index (χ0v) is 20.9. The number of aryl methyl sites for hydroxylation is 2. The molecule has 7 rings (SSSR count). The smallest absolute Gasteiger partial charge is 0.219 e. The van der Waals surface area contributed by atoms with E-state index in [4.69, 9.17) is 10.1 Å². The number of carbonyl (C=O) groups is 1. The maximum Gasteiger partial charge on any atom is 0.219 e. The lowest BCUT2D eigenvalue weighted by Gasteiger charge is -2.34. The van der Waals surface area contributed by atoms with Crippen LogP contribution < -0.4 is 4.90 Å². The van der Waals surface area contributed by atoms with Crippen LogP contribution in [0.5, 0.6) is 0 Å². The van der Waals surface area contributed by atoms with Gasteiger partial charge in [-0.15, -0.1) is 0 Å². The van der Waals surface area contributed by atoms with Crippen LogP contribution in [0.1, 0.15) is 18.9 Å². The summed E-state index contributed by atoms with van der Waals surface area (Å²) in [5.41, 5.74) is 4.89. The second kappa shape index (κ2) is 7.86. The van der Waals surface area contributed by atoms with Crippen molar-refractivity contribution in [3.8, 4) is 16.9 Å². The number of amides is 1. The number of likely N-dealkylation sites (tertiary alicyclic amines) is 1. The van der Waals surface area contributed by atoms with Crippen molar-refractivity contribution >= 4 is 33.5 Å². The van der Waals surface area contributed by atoms with Crippen LogP contribution >= 0.6 is 0 Å². The molecule has 2 aliphatic rings. The maximum absolute atomic E-state index is 15.1. The van der Waals surface area contributed by atoms with E-state index in [-0.39, 0.29) is 17.9 Å². The molecular formula is C28H26FN7O. The average Bonchev–Trinajstić information content (AvgIpc) is 3.66. The molecule has 0 N–H and O–H groups in total. The summed E-state index contributed by atoms with van der Waals surface area (Å²) in [6.07, 6.45) is 2.84. The summed E-state index contributed by atoms with van der Waals surface area (Å²) < 4.78 is 18.2. The summed E-state index contributed by atoms with van der Waals surface area (Å²) in [6, 6.07) is 16.3. The Kier molecular flexibility index (Phi) is 4.67. The number of benzene rings is 2. The van der Waals surface area contributed by atoms with Gasteiger partial charge in [0.2, 0.25) is 11.9 Å². The van der Waals surface area contributed by atoms with Crippen LogP contribution in [0.3, 0.4) is 0 Å². The van der Waals surface area contributed by atoms with Crippen LogP contribution in [0.2, 0.25) is 0 Å². The molecule has 2 saturated heterocycles. The monoisotopic (exact) mass is 495 g/mol. The summed E-state index contributed by atoms with van der Waals surface area (Å²) in [4.78, 5) is 20.9. The number of aromatic nitrogens is 5. The van der Waals surface area contributed by atoms with Gasteiger partial charge in [-0.1, -0.05) is 30.3 Å². The van der Waals surface area contributed by atoms with Gasteiger partial charge in [-0.05, 0) is 37.1 Å². The van der Waals surface area contributed by atoms with Gasteiger partial charge < -0.3 is 9.80 Å². The van der Waals surface area contributed by atoms with Gasteiger partial charge in [0, 0.05) is 38.0 Å². The van der Waals surface area contributed by atoms with Crippen LogP contribution in [0, 0.1) is 12.9 Å². The fourth-order valence-corrected chi connectivity index (χ4v) is 6.13. The largest absolute Gasteiger partial charge is 0.350 e. The molecule has 2 bridgehead atoms. The second-order valence-electron chi connectivity index (χ2n) is 10.1. The molecule has 2 aromatic carbocycles. The molecule has 2 fully saturated rings. The van der Waals surface area contributed by atoms with E-state index in [1.165, 1.54) is 4.68 Å². The highest BCUT2D eigenvalue weighted by atomic mass is 19.1. The van der Waals surface area contributed by atoms with Gasteiger partial charge >= 0.3 is 0 Å². The topological polar surface area (TPSA) is 72.1 Å². The molecule has 37 heavy (non-hydrogen) atoms. The molecule has 0 unspecified atom stereocenters. The standard InChI is InChI=1S/C28H26FN7O/c1-16-6-4-8-22-26(21-7-5-9-23-25(21)28(29)33(3)31-23)32-36(27(16)22)18-10-11-24(30-13-18)35-15-19-12-20(35)14-34(19)17(2)37/h4-11,13,19-20H,12,14-15H2,1-3H3/t19-,20-/m0/s1. The van der Waals surface area contributed by atoms with E-state index in [2.05, 4.69) is 23.0 Å². The number of pyridine rings is 1. The highest BCUT2D eigenvalue weighted by Crippen LogP contribution is 2.37. The average molecular weight is 496 g/mol. The number of rotatable bonds is 3. The molecule has 5 aromatic rings. The molecule has 3 aromatic heterocycles. The van der Waals surface area contributed by atoms with Crippen LogP contribution in [0.4, 0.5) is 10.2 Å². The molecule has 0 radical (unpaired) electrons. The predicted molar refractivity (Wildman–Crippen MR) is 140 cm³/mol. The minimum atomic E-state index is -0.379. The van der Waals surface area contributed by atoms with Gasteiger partial charge in [-0.25, -0.2) is 14.3 Å².